The van der Waals surface area contributed by atoms with Crippen LogP contribution >= 0.6 is 0 Å². The Morgan fingerprint density at radius 3 is 2.75 bits per heavy atom. The van der Waals surface area contributed by atoms with Crippen molar-refractivity contribution in [1.29, 1.82) is 0 Å². The fourth-order valence-corrected chi connectivity index (χ4v) is 2.34. The molecule has 1 fully saturated rings. The predicted octanol–water partition coefficient (Wildman–Crippen LogP) is 1.71. The number of nitrogens with two attached hydrogens (primary N) is 1. The number of benzene rings is 1. The Morgan fingerprint density at radius 1 is 1.35 bits per heavy atom. The van der Waals surface area contributed by atoms with Crippen LogP contribution in [0.4, 0.5) is 8.78 Å². The number of carbonyl (C=O) groups is 1. The lowest BCUT2D eigenvalue weighted by atomic mass is 10.00. The van der Waals surface area contributed by atoms with Crippen molar-refractivity contribution < 1.29 is 18.8 Å². The van der Waals surface area contributed by atoms with E-state index in [0.29, 0.717) is 13.0 Å². The molecule has 1 aromatic carbocycles. The van der Waals surface area contributed by atoms with Crippen LogP contribution in [-0.4, -0.2) is 34.4 Å². The molecule has 108 valence electrons. The molecule has 0 spiro atoms. The molecule has 1 aliphatic heterocycles. The number of hydrogen-bond donors (Lipinski definition) is 2. The van der Waals surface area contributed by atoms with Crippen LogP contribution in [0, 0.1) is 11.6 Å². The number of amidine groups is 1. The van der Waals surface area contributed by atoms with E-state index in [1.165, 1.54) is 11.0 Å². The first-order chi connectivity index (χ1) is 9.54. The fourth-order valence-electron chi connectivity index (χ4n) is 2.34. The molecule has 1 atom stereocenters. The summed E-state index contributed by atoms with van der Waals surface area (Å²) in [5, 5.41) is 11.7. The molecule has 7 heteroatoms. The van der Waals surface area contributed by atoms with Gasteiger partial charge >= 0.3 is 0 Å². The molecule has 0 saturated carbocycles. The monoisotopic (exact) mass is 283 g/mol. The predicted molar refractivity (Wildman–Crippen MR) is 68.4 cm³/mol. The molecule has 1 unspecified atom stereocenters. The van der Waals surface area contributed by atoms with E-state index < -0.39 is 23.6 Å². The molecule has 20 heavy (non-hydrogen) atoms. The molecule has 1 amide bonds. The molecule has 1 heterocycles. The van der Waals surface area contributed by atoms with Gasteiger partial charge in [0.1, 0.15) is 0 Å². The first-order valence-electron chi connectivity index (χ1n) is 6.28. The Kier molecular flexibility index (Phi) is 4.16. The minimum absolute atomic E-state index is 0.0431. The quantitative estimate of drug-likeness (QED) is 0.375. The highest BCUT2D eigenvalue weighted by Gasteiger charge is 2.30. The minimum Gasteiger partial charge on any atom is -0.409 e. The Labute approximate surface area is 114 Å². The first kappa shape index (κ1) is 14.2. The molecule has 3 N–H and O–H groups in total. The van der Waals surface area contributed by atoms with Crippen LogP contribution in [0.3, 0.4) is 0 Å². The van der Waals surface area contributed by atoms with Crippen LogP contribution < -0.4 is 5.73 Å². The Bertz CT molecular complexity index is 548. The summed E-state index contributed by atoms with van der Waals surface area (Å²) in [6, 6.07) is 2.47. The van der Waals surface area contributed by atoms with Gasteiger partial charge in [-0.1, -0.05) is 5.16 Å². The number of piperidine rings is 1. The lowest BCUT2D eigenvalue weighted by molar-refractivity contribution is 0.0676. The van der Waals surface area contributed by atoms with E-state index >= 15 is 0 Å². The minimum atomic E-state index is -1.08. The third-order valence-electron chi connectivity index (χ3n) is 3.39. The third-order valence-corrected chi connectivity index (χ3v) is 3.39. The normalized spacial score (nSPS) is 20.0. The maximum Gasteiger partial charge on any atom is 0.254 e. The highest BCUT2D eigenvalue weighted by molar-refractivity contribution is 5.98. The second-order valence-corrected chi connectivity index (χ2v) is 4.66. The summed E-state index contributed by atoms with van der Waals surface area (Å²) < 4.78 is 26.1. The van der Waals surface area contributed by atoms with Crippen molar-refractivity contribution in [2.45, 2.75) is 25.3 Å². The first-order valence-corrected chi connectivity index (χ1v) is 6.28. The molecule has 2 rings (SSSR count). The van der Waals surface area contributed by atoms with Gasteiger partial charge in [0.15, 0.2) is 17.5 Å². The zero-order valence-electron chi connectivity index (χ0n) is 10.7. The summed E-state index contributed by atoms with van der Waals surface area (Å²) >= 11 is 0. The van der Waals surface area contributed by atoms with Crippen LogP contribution in [0.5, 0.6) is 0 Å². The summed E-state index contributed by atoms with van der Waals surface area (Å²) in [6.07, 6.45) is 2.21. The zero-order chi connectivity index (χ0) is 14.7. The second kappa shape index (κ2) is 5.85. The summed E-state index contributed by atoms with van der Waals surface area (Å²) in [7, 11) is 0. The van der Waals surface area contributed by atoms with Gasteiger partial charge in [0.05, 0.1) is 6.04 Å². The van der Waals surface area contributed by atoms with Crippen LogP contribution in [-0.2, 0) is 0 Å². The van der Waals surface area contributed by atoms with E-state index in [2.05, 4.69) is 5.16 Å². The number of likely N-dealkylation sites (tertiary alicyclic amines) is 1. The van der Waals surface area contributed by atoms with Crippen LogP contribution in [0.15, 0.2) is 23.4 Å². The highest BCUT2D eigenvalue weighted by atomic mass is 19.2. The topological polar surface area (TPSA) is 78.9 Å². The van der Waals surface area contributed by atoms with Gasteiger partial charge in [0.25, 0.3) is 5.91 Å². The number of halogens is 2. The van der Waals surface area contributed by atoms with Gasteiger partial charge in [0, 0.05) is 12.1 Å². The number of amides is 1. The molecule has 0 aliphatic carbocycles. The van der Waals surface area contributed by atoms with E-state index in [1.54, 1.807) is 0 Å². The maximum atomic E-state index is 13.2. The fraction of sp³-hybridized carbons (Fsp3) is 0.385. The van der Waals surface area contributed by atoms with Crippen molar-refractivity contribution >= 4 is 11.7 Å². The lowest BCUT2D eigenvalue weighted by Gasteiger charge is -2.34. The van der Waals surface area contributed by atoms with E-state index in [0.717, 1.165) is 25.0 Å². The van der Waals surface area contributed by atoms with Crippen molar-refractivity contribution in [3.63, 3.8) is 0 Å². The molecule has 0 aromatic heterocycles. The average molecular weight is 283 g/mol. The van der Waals surface area contributed by atoms with E-state index in [4.69, 9.17) is 10.9 Å². The Morgan fingerprint density at radius 2 is 2.10 bits per heavy atom. The summed E-state index contributed by atoms with van der Waals surface area (Å²) in [5.41, 5.74) is 5.62. The molecule has 5 nitrogen and oxygen atoms in total. The van der Waals surface area contributed by atoms with E-state index in [-0.39, 0.29) is 11.4 Å². The molecular weight excluding hydrogens is 268 g/mol. The van der Waals surface area contributed by atoms with E-state index in [1.807, 2.05) is 0 Å². The van der Waals surface area contributed by atoms with Gasteiger partial charge in [-0.05, 0) is 37.5 Å². The smallest absolute Gasteiger partial charge is 0.254 e. The molecule has 1 aliphatic rings. The third kappa shape index (κ3) is 2.71. The summed E-state index contributed by atoms with van der Waals surface area (Å²) in [4.78, 5) is 13.8. The van der Waals surface area contributed by atoms with Gasteiger partial charge in [-0.15, -0.1) is 0 Å². The number of carbonyl (C=O) groups excluding carboxylic acids is 1. The van der Waals surface area contributed by atoms with Crippen molar-refractivity contribution in [2.24, 2.45) is 10.9 Å². The maximum absolute atomic E-state index is 13.2. The SMILES string of the molecule is NC(=NO)C1CCCCN1C(=O)c1ccc(F)c(F)c1. The van der Waals surface area contributed by atoms with Gasteiger partial charge in [-0.25, -0.2) is 8.78 Å². The van der Waals surface area contributed by atoms with Crippen molar-refractivity contribution in [3.05, 3.63) is 35.4 Å². The van der Waals surface area contributed by atoms with Crippen molar-refractivity contribution in [1.82, 2.24) is 4.90 Å². The van der Waals surface area contributed by atoms with Gasteiger partial charge < -0.3 is 15.8 Å². The van der Waals surface area contributed by atoms with Crippen LogP contribution in [0.25, 0.3) is 0 Å². The van der Waals surface area contributed by atoms with Crippen molar-refractivity contribution in [2.75, 3.05) is 6.54 Å². The van der Waals surface area contributed by atoms with E-state index in [9.17, 15) is 13.6 Å². The molecule has 1 saturated heterocycles. The highest BCUT2D eigenvalue weighted by Crippen LogP contribution is 2.20. The van der Waals surface area contributed by atoms with Gasteiger partial charge in [0.2, 0.25) is 0 Å². The van der Waals surface area contributed by atoms with Crippen LogP contribution in [0.2, 0.25) is 0 Å². The lowest BCUT2D eigenvalue weighted by Crippen LogP contribution is -2.50. The zero-order valence-corrected chi connectivity index (χ0v) is 10.7. The second-order valence-electron chi connectivity index (χ2n) is 4.66. The van der Waals surface area contributed by atoms with Crippen LogP contribution in [0.1, 0.15) is 29.6 Å². The number of nitrogens with zero attached hydrogens (tertiary/aromatic N) is 2. The summed E-state index contributed by atoms with van der Waals surface area (Å²) in [5.74, 6) is -2.60. The number of rotatable bonds is 2. The molecule has 0 bridgehead atoms. The average Bonchev–Trinajstić information content (AvgIpc) is 2.48. The Balaban J connectivity index is 2.27. The molecular formula is C13H15F2N3O2. The van der Waals surface area contributed by atoms with Crippen molar-refractivity contribution in [3.8, 4) is 0 Å². The summed E-state index contributed by atoms with van der Waals surface area (Å²) in [6.45, 7) is 0.429. The number of hydrogen-bond acceptors (Lipinski definition) is 3. The molecule has 0 radical (unpaired) electrons. The van der Waals surface area contributed by atoms with Gasteiger partial charge in [-0.2, -0.15) is 0 Å². The largest absolute Gasteiger partial charge is 0.409 e. The standard InChI is InChI=1S/C13H15F2N3O2/c14-9-5-4-8(7-10(9)15)13(19)18-6-2-1-3-11(18)12(16)17-20/h4-5,7,11,20H,1-3,6H2,(H2,16,17). The molecule has 1 aromatic rings. The van der Waals surface area contributed by atoms with Gasteiger partial charge in [-0.3, -0.25) is 4.79 Å². The number of oxime groups is 1. The Hall–Kier alpha value is -2.18.